The molecule has 0 radical (unpaired) electrons. The molecule has 2 saturated heterocycles. The van der Waals surface area contributed by atoms with Gasteiger partial charge in [-0.15, -0.1) is 0 Å². The number of amides is 2. The van der Waals surface area contributed by atoms with Crippen LogP contribution in [0.25, 0.3) is 0 Å². The van der Waals surface area contributed by atoms with E-state index in [1.807, 2.05) is 78.7 Å². The van der Waals surface area contributed by atoms with Gasteiger partial charge in [0.2, 0.25) is 11.8 Å². The van der Waals surface area contributed by atoms with Crippen molar-refractivity contribution in [1.29, 1.82) is 0 Å². The summed E-state index contributed by atoms with van der Waals surface area (Å²) < 4.78 is 0. The lowest BCUT2D eigenvalue weighted by molar-refractivity contribution is -0.139. The number of carbonyl (C=O) groups is 2. The Labute approximate surface area is 226 Å². The van der Waals surface area contributed by atoms with Crippen molar-refractivity contribution in [3.05, 3.63) is 102 Å². The van der Waals surface area contributed by atoms with Crippen LogP contribution in [0.5, 0.6) is 0 Å². The fraction of sp³-hybridized carbons (Fsp3) is 0.406. The van der Waals surface area contributed by atoms with Gasteiger partial charge in [-0.2, -0.15) is 0 Å². The quantitative estimate of drug-likeness (QED) is 0.443. The average Bonchev–Trinajstić information content (AvgIpc) is 3.26. The summed E-state index contributed by atoms with van der Waals surface area (Å²) in [5.74, 6) is 0.151. The molecule has 2 aromatic carbocycles. The lowest BCUT2D eigenvalue weighted by Crippen LogP contribution is -2.45. The first kappa shape index (κ1) is 26.1. The van der Waals surface area contributed by atoms with E-state index >= 15 is 0 Å². The Hall–Kier alpha value is -3.51. The van der Waals surface area contributed by atoms with E-state index in [9.17, 15) is 9.59 Å². The molecule has 3 heterocycles. The zero-order valence-electron chi connectivity index (χ0n) is 22.3. The number of hydrogen-bond donors (Lipinski definition) is 1. The SMILES string of the molecule is CC(C(=O)N[C@@H](CCN1CCC2(CC1)CCN(Cc1cccnc1)C2=O)c1ccccc1)c1ccccc1. The molecule has 0 saturated carbocycles. The largest absolute Gasteiger partial charge is 0.349 e. The van der Waals surface area contributed by atoms with E-state index < -0.39 is 0 Å². The summed E-state index contributed by atoms with van der Waals surface area (Å²) in [6, 6.07) is 24.1. The predicted molar refractivity (Wildman–Crippen MR) is 149 cm³/mol. The number of hydrogen-bond acceptors (Lipinski definition) is 4. The third-order valence-electron chi connectivity index (χ3n) is 8.46. The second kappa shape index (κ2) is 11.9. The summed E-state index contributed by atoms with van der Waals surface area (Å²) in [4.78, 5) is 35.2. The minimum atomic E-state index is -0.211. The van der Waals surface area contributed by atoms with E-state index in [2.05, 4.69) is 27.3 Å². The second-order valence-electron chi connectivity index (χ2n) is 10.9. The first-order valence-corrected chi connectivity index (χ1v) is 13.8. The normalized spacial score (nSPS) is 18.9. The molecule has 5 rings (SSSR count). The van der Waals surface area contributed by atoms with Crippen LogP contribution in [-0.4, -0.2) is 52.8 Å². The van der Waals surface area contributed by atoms with E-state index in [1.54, 1.807) is 6.20 Å². The molecule has 1 aromatic heterocycles. The van der Waals surface area contributed by atoms with Gasteiger partial charge in [0.15, 0.2) is 0 Å². The fourth-order valence-electron chi connectivity index (χ4n) is 5.93. The van der Waals surface area contributed by atoms with Crippen molar-refractivity contribution < 1.29 is 9.59 Å². The summed E-state index contributed by atoms with van der Waals surface area (Å²) in [6.07, 6.45) is 7.21. The van der Waals surface area contributed by atoms with Crippen LogP contribution in [0.2, 0.25) is 0 Å². The van der Waals surface area contributed by atoms with Crippen molar-refractivity contribution in [3.63, 3.8) is 0 Å². The summed E-state index contributed by atoms with van der Waals surface area (Å²) >= 11 is 0. The van der Waals surface area contributed by atoms with Gasteiger partial charge < -0.3 is 15.1 Å². The third kappa shape index (κ3) is 5.97. The van der Waals surface area contributed by atoms with Gasteiger partial charge in [-0.1, -0.05) is 66.7 Å². The van der Waals surface area contributed by atoms with Crippen molar-refractivity contribution in [2.45, 2.75) is 51.1 Å². The van der Waals surface area contributed by atoms with Crippen molar-refractivity contribution in [2.24, 2.45) is 5.41 Å². The molecule has 6 heteroatoms. The van der Waals surface area contributed by atoms with Crippen LogP contribution in [0.15, 0.2) is 85.2 Å². The van der Waals surface area contributed by atoms with Gasteiger partial charge in [0.25, 0.3) is 0 Å². The smallest absolute Gasteiger partial charge is 0.229 e. The number of piperidine rings is 1. The zero-order chi connectivity index (χ0) is 26.4. The molecule has 1 unspecified atom stereocenters. The van der Waals surface area contributed by atoms with Gasteiger partial charge in [0, 0.05) is 32.0 Å². The second-order valence-corrected chi connectivity index (χ2v) is 10.9. The number of rotatable bonds is 9. The van der Waals surface area contributed by atoms with Crippen LogP contribution in [0.3, 0.4) is 0 Å². The molecule has 2 atom stereocenters. The number of carbonyl (C=O) groups excluding carboxylic acids is 2. The standard InChI is InChI=1S/C32H38N4O2/c1-25(27-10-4-2-5-11-27)30(37)34-29(28-12-6-3-7-13-28)14-19-35-20-15-32(16-21-35)17-22-36(31(32)38)24-26-9-8-18-33-23-26/h2-13,18,23,25,29H,14-17,19-22,24H2,1H3,(H,34,37)/t25?,29-/m0/s1. The molecular formula is C32H38N4O2. The molecule has 6 nitrogen and oxygen atoms in total. The molecule has 38 heavy (non-hydrogen) atoms. The maximum atomic E-state index is 13.4. The molecule has 2 amide bonds. The monoisotopic (exact) mass is 510 g/mol. The molecule has 3 aromatic rings. The summed E-state index contributed by atoms with van der Waals surface area (Å²) in [6.45, 7) is 6.17. The van der Waals surface area contributed by atoms with E-state index in [4.69, 9.17) is 0 Å². The molecule has 0 bridgehead atoms. The molecule has 1 N–H and O–H groups in total. The topological polar surface area (TPSA) is 65.5 Å². The number of nitrogens with one attached hydrogen (secondary N) is 1. The Bertz CT molecular complexity index is 1190. The van der Waals surface area contributed by atoms with Crippen LogP contribution in [0, 0.1) is 5.41 Å². The lowest BCUT2D eigenvalue weighted by Gasteiger charge is -2.38. The van der Waals surface area contributed by atoms with E-state index in [0.29, 0.717) is 12.5 Å². The van der Waals surface area contributed by atoms with Crippen LogP contribution in [-0.2, 0) is 16.1 Å². The Morgan fingerprint density at radius 3 is 2.24 bits per heavy atom. The van der Waals surface area contributed by atoms with E-state index in [1.165, 1.54) is 0 Å². The molecule has 1 spiro atoms. The Kier molecular flexibility index (Phi) is 8.18. The van der Waals surface area contributed by atoms with E-state index in [-0.39, 0.29) is 23.3 Å². The van der Waals surface area contributed by atoms with Gasteiger partial charge in [-0.25, -0.2) is 0 Å². The Balaban J connectivity index is 1.16. The zero-order valence-corrected chi connectivity index (χ0v) is 22.3. The molecule has 2 fully saturated rings. The molecule has 0 aliphatic carbocycles. The van der Waals surface area contributed by atoms with Gasteiger partial charge in [-0.3, -0.25) is 14.6 Å². The van der Waals surface area contributed by atoms with Crippen LogP contribution >= 0.6 is 0 Å². The summed E-state index contributed by atoms with van der Waals surface area (Å²) in [5.41, 5.74) is 3.03. The summed E-state index contributed by atoms with van der Waals surface area (Å²) in [5, 5.41) is 3.32. The van der Waals surface area contributed by atoms with Crippen LogP contribution in [0.1, 0.15) is 61.3 Å². The maximum Gasteiger partial charge on any atom is 0.229 e. The number of benzene rings is 2. The van der Waals surface area contributed by atoms with Crippen molar-refractivity contribution in [3.8, 4) is 0 Å². The number of likely N-dealkylation sites (tertiary alicyclic amines) is 2. The van der Waals surface area contributed by atoms with Crippen molar-refractivity contribution in [1.82, 2.24) is 20.1 Å². The molecule has 2 aliphatic rings. The number of pyridine rings is 1. The van der Waals surface area contributed by atoms with Gasteiger partial charge in [-0.05, 0) is 68.5 Å². The average molecular weight is 511 g/mol. The van der Waals surface area contributed by atoms with E-state index in [0.717, 1.165) is 68.6 Å². The maximum absolute atomic E-state index is 13.4. The lowest BCUT2D eigenvalue weighted by atomic mass is 9.77. The number of nitrogens with zero attached hydrogens (tertiary/aromatic N) is 3. The van der Waals surface area contributed by atoms with Crippen molar-refractivity contribution >= 4 is 11.8 Å². The van der Waals surface area contributed by atoms with Crippen LogP contribution in [0.4, 0.5) is 0 Å². The third-order valence-corrected chi connectivity index (χ3v) is 8.46. The Morgan fingerprint density at radius 2 is 1.58 bits per heavy atom. The highest BCUT2D eigenvalue weighted by molar-refractivity contribution is 5.85. The molecular weight excluding hydrogens is 472 g/mol. The first-order valence-electron chi connectivity index (χ1n) is 13.8. The highest BCUT2D eigenvalue weighted by Crippen LogP contribution is 2.42. The highest BCUT2D eigenvalue weighted by Gasteiger charge is 2.47. The Morgan fingerprint density at radius 1 is 0.921 bits per heavy atom. The van der Waals surface area contributed by atoms with Gasteiger partial charge in [0.1, 0.15) is 0 Å². The predicted octanol–water partition coefficient (Wildman–Crippen LogP) is 4.95. The minimum absolute atomic E-state index is 0.0474. The van der Waals surface area contributed by atoms with Gasteiger partial charge >= 0.3 is 0 Å². The van der Waals surface area contributed by atoms with Gasteiger partial charge in [0.05, 0.1) is 17.4 Å². The van der Waals surface area contributed by atoms with Crippen LogP contribution < -0.4 is 5.32 Å². The first-order chi connectivity index (χ1) is 18.5. The fourth-order valence-corrected chi connectivity index (χ4v) is 5.93. The molecule has 2 aliphatic heterocycles. The summed E-state index contributed by atoms with van der Waals surface area (Å²) in [7, 11) is 0. The highest BCUT2D eigenvalue weighted by atomic mass is 16.2. The number of aromatic nitrogens is 1. The molecule has 198 valence electrons. The minimum Gasteiger partial charge on any atom is -0.349 e. The van der Waals surface area contributed by atoms with Crippen molar-refractivity contribution in [2.75, 3.05) is 26.2 Å².